The number of rotatable bonds is 6. The number of amides is 1. The molecule has 0 aromatic heterocycles. The highest BCUT2D eigenvalue weighted by atomic mass is 32.2. The highest BCUT2D eigenvalue weighted by Gasteiger charge is 2.30. The van der Waals surface area contributed by atoms with Gasteiger partial charge >= 0.3 is 6.18 Å². The Morgan fingerprint density at radius 2 is 2.05 bits per heavy atom. The van der Waals surface area contributed by atoms with E-state index in [9.17, 15) is 22.2 Å². The maximum atomic E-state index is 12.6. The number of halogens is 3. The molecular weight excluding hydrogens is 303 g/mol. The fourth-order valence-corrected chi connectivity index (χ4v) is 2.72. The second kappa shape index (κ2) is 7.59. The van der Waals surface area contributed by atoms with Gasteiger partial charge in [0.05, 0.1) is 5.56 Å². The summed E-state index contributed by atoms with van der Waals surface area (Å²) in [6, 6.07) is 4.68. The van der Waals surface area contributed by atoms with Crippen LogP contribution in [-0.2, 0) is 27.5 Å². The monoisotopic (exact) mass is 321 g/mol. The molecular formula is C14H18F3NO2S. The lowest BCUT2D eigenvalue weighted by Crippen LogP contribution is -2.36. The summed E-state index contributed by atoms with van der Waals surface area (Å²) >= 11 is 0. The van der Waals surface area contributed by atoms with Crippen LogP contribution in [0.3, 0.4) is 0 Å². The maximum Gasteiger partial charge on any atom is 0.416 e. The summed E-state index contributed by atoms with van der Waals surface area (Å²) in [4.78, 5) is 11.7. The summed E-state index contributed by atoms with van der Waals surface area (Å²) in [7, 11) is -1.56. The van der Waals surface area contributed by atoms with Gasteiger partial charge in [0, 0.05) is 23.1 Å². The van der Waals surface area contributed by atoms with E-state index >= 15 is 0 Å². The van der Waals surface area contributed by atoms with Crippen LogP contribution in [0.2, 0.25) is 0 Å². The van der Waals surface area contributed by atoms with Crippen LogP contribution in [0.5, 0.6) is 0 Å². The van der Waals surface area contributed by atoms with Gasteiger partial charge in [0.25, 0.3) is 0 Å². The third-order valence-corrected chi connectivity index (χ3v) is 4.50. The first-order valence-electron chi connectivity index (χ1n) is 6.56. The smallest absolute Gasteiger partial charge is 0.355 e. The van der Waals surface area contributed by atoms with Crippen molar-refractivity contribution in [3.8, 4) is 0 Å². The van der Waals surface area contributed by atoms with E-state index in [-0.39, 0.29) is 11.7 Å². The van der Waals surface area contributed by atoms with Crippen LogP contribution in [0.1, 0.15) is 31.4 Å². The quantitative estimate of drug-likeness (QED) is 0.876. The van der Waals surface area contributed by atoms with Crippen molar-refractivity contribution in [3.63, 3.8) is 0 Å². The van der Waals surface area contributed by atoms with Crippen LogP contribution in [0.25, 0.3) is 0 Å². The zero-order valence-corrected chi connectivity index (χ0v) is 12.7. The van der Waals surface area contributed by atoms with E-state index in [0.717, 1.165) is 18.6 Å². The Labute approximate surface area is 124 Å². The molecule has 0 spiro atoms. The molecule has 0 aliphatic heterocycles. The van der Waals surface area contributed by atoms with E-state index in [1.807, 2.05) is 6.92 Å². The molecule has 1 rings (SSSR count). The Morgan fingerprint density at radius 1 is 1.38 bits per heavy atom. The van der Waals surface area contributed by atoms with Crippen molar-refractivity contribution < 1.29 is 22.2 Å². The Morgan fingerprint density at radius 3 is 2.62 bits per heavy atom. The highest BCUT2D eigenvalue weighted by Crippen LogP contribution is 2.29. The number of alkyl halides is 3. The molecule has 118 valence electrons. The van der Waals surface area contributed by atoms with Gasteiger partial charge in [-0.15, -0.1) is 0 Å². The van der Waals surface area contributed by atoms with Gasteiger partial charge in [-0.25, -0.2) is 0 Å². The topological polar surface area (TPSA) is 46.2 Å². The van der Waals surface area contributed by atoms with Crippen molar-refractivity contribution in [2.45, 2.75) is 37.4 Å². The van der Waals surface area contributed by atoms with Crippen LogP contribution >= 0.6 is 0 Å². The summed E-state index contributed by atoms with van der Waals surface area (Å²) in [6.07, 6.45) is -3.67. The zero-order chi connectivity index (χ0) is 16.0. The van der Waals surface area contributed by atoms with E-state index in [1.54, 1.807) is 0 Å². The second-order valence-electron chi connectivity index (χ2n) is 4.66. The van der Waals surface area contributed by atoms with Gasteiger partial charge in [0.1, 0.15) is 5.25 Å². The van der Waals surface area contributed by atoms with Crippen LogP contribution in [0.15, 0.2) is 24.3 Å². The summed E-state index contributed by atoms with van der Waals surface area (Å²) in [5.74, 6) is -0.424. The molecule has 0 heterocycles. The first-order valence-corrected chi connectivity index (χ1v) is 7.95. The molecule has 3 nitrogen and oxygen atoms in total. The molecule has 1 N–H and O–H groups in total. The van der Waals surface area contributed by atoms with Gasteiger partial charge in [-0.05, 0) is 25.0 Å². The number of nitrogens with one attached hydrogen (secondary N) is 1. The number of benzene rings is 1. The normalized spacial score (nSPS) is 14.5. The molecule has 1 aromatic carbocycles. The van der Waals surface area contributed by atoms with E-state index in [4.69, 9.17) is 0 Å². The predicted molar refractivity (Wildman–Crippen MR) is 76.1 cm³/mol. The molecule has 7 heteroatoms. The minimum Gasteiger partial charge on any atom is -0.355 e. The first-order chi connectivity index (χ1) is 9.75. The molecule has 0 saturated heterocycles. The standard InChI is InChI=1S/C14H18F3NO2S/c1-3-7-18-13(19)10(2)21(20)9-11-5-4-6-12(8-11)14(15,16)17/h4-6,8,10H,3,7,9H2,1-2H3,(H,18,19)/t10-,21-/m0/s1. The van der Waals surface area contributed by atoms with Crippen molar-refractivity contribution >= 4 is 16.7 Å². The minimum atomic E-state index is -4.43. The molecule has 1 amide bonds. The van der Waals surface area contributed by atoms with Crippen molar-refractivity contribution in [2.24, 2.45) is 0 Å². The van der Waals surface area contributed by atoms with Crippen molar-refractivity contribution in [2.75, 3.05) is 6.54 Å². The Hall–Kier alpha value is -1.37. The summed E-state index contributed by atoms with van der Waals surface area (Å²) in [5, 5.41) is 1.86. The third-order valence-electron chi connectivity index (χ3n) is 2.88. The minimum absolute atomic E-state index is 0.0787. The number of hydrogen-bond donors (Lipinski definition) is 1. The molecule has 0 unspecified atom stereocenters. The van der Waals surface area contributed by atoms with E-state index in [2.05, 4.69) is 5.32 Å². The predicted octanol–water partition coefficient (Wildman–Crippen LogP) is 2.87. The lowest BCUT2D eigenvalue weighted by molar-refractivity contribution is -0.137. The molecule has 0 bridgehead atoms. The van der Waals surface area contributed by atoms with Gasteiger partial charge in [-0.3, -0.25) is 9.00 Å². The lowest BCUT2D eigenvalue weighted by Gasteiger charge is -2.13. The zero-order valence-electron chi connectivity index (χ0n) is 11.9. The van der Waals surface area contributed by atoms with Gasteiger partial charge in [-0.1, -0.05) is 25.1 Å². The molecule has 0 aliphatic carbocycles. The van der Waals surface area contributed by atoms with Crippen LogP contribution in [-0.4, -0.2) is 21.9 Å². The fraction of sp³-hybridized carbons (Fsp3) is 0.500. The first kappa shape index (κ1) is 17.7. The van der Waals surface area contributed by atoms with Crippen LogP contribution < -0.4 is 5.32 Å². The molecule has 1 aromatic rings. The lowest BCUT2D eigenvalue weighted by atomic mass is 10.1. The molecule has 0 saturated carbocycles. The number of hydrogen-bond acceptors (Lipinski definition) is 2. The average molecular weight is 321 g/mol. The molecule has 0 fully saturated rings. The highest BCUT2D eigenvalue weighted by molar-refractivity contribution is 7.85. The average Bonchev–Trinajstić information content (AvgIpc) is 2.43. The number of carbonyl (C=O) groups excluding carboxylic acids is 1. The SMILES string of the molecule is CCCNC(=O)[C@H](C)[S@@](=O)Cc1cccc(C(F)(F)F)c1. The summed E-state index contributed by atoms with van der Waals surface area (Å²) in [5.41, 5.74) is -0.474. The van der Waals surface area contributed by atoms with Crippen molar-refractivity contribution in [1.82, 2.24) is 5.32 Å². The number of carbonyl (C=O) groups is 1. The van der Waals surface area contributed by atoms with E-state index in [0.29, 0.717) is 12.1 Å². The molecule has 21 heavy (non-hydrogen) atoms. The van der Waals surface area contributed by atoms with Gasteiger partial charge < -0.3 is 5.32 Å². The van der Waals surface area contributed by atoms with E-state index in [1.165, 1.54) is 19.1 Å². The van der Waals surface area contributed by atoms with Crippen LogP contribution in [0, 0.1) is 0 Å². The van der Waals surface area contributed by atoms with Gasteiger partial charge in [0.2, 0.25) is 5.91 Å². The fourth-order valence-electron chi connectivity index (χ4n) is 1.64. The van der Waals surface area contributed by atoms with E-state index < -0.39 is 27.8 Å². The molecule has 0 aliphatic rings. The van der Waals surface area contributed by atoms with Gasteiger partial charge in [-0.2, -0.15) is 13.2 Å². The Bertz CT molecular complexity index is 517. The molecule has 2 atom stereocenters. The molecule has 0 radical (unpaired) electrons. The summed E-state index contributed by atoms with van der Waals surface area (Å²) in [6.45, 7) is 3.89. The van der Waals surface area contributed by atoms with Crippen molar-refractivity contribution in [3.05, 3.63) is 35.4 Å². The van der Waals surface area contributed by atoms with Gasteiger partial charge in [0.15, 0.2) is 0 Å². The second-order valence-corrected chi connectivity index (χ2v) is 6.41. The Balaban J connectivity index is 2.73. The largest absolute Gasteiger partial charge is 0.416 e. The Kier molecular flexibility index (Phi) is 6.39. The van der Waals surface area contributed by atoms with Crippen LogP contribution in [0.4, 0.5) is 13.2 Å². The van der Waals surface area contributed by atoms with Crippen molar-refractivity contribution in [1.29, 1.82) is 0 Å². The summed E-state index contributed by atoms with van der Waals surface area (Å²) < 4.78 is 49.8. The maximum absolute atomic E-state index is 12.6. The third kappa shape index (κ3) is 5.49.